The van der Waals surface area contributed by atoms with Gasteiger partial charge in [-0.25, -0.2) is 0 Å². The van der Waals surface area contributed by atoms with Crippen molar-refractivity contribution >= 4 is 0 Å². The minimum absolute atomic E-state index is 0.187. The van der Waals surface area contributed by atoms with Gasteiger partial charge in [-0.1, -0.05) is 18.5 Å². The van der Waals surface area contributed by atoms with Gasteiger partial charge in [-0.3, -0.25) is 0 Å². The molecular weight excluding hydrogens is 328 g/mol. The molecule has 0 saturated heterocycles. The maximum absolute atomic E-state index is 10.6. The van der Waals surface area contributed by atoms with Crippen molar-refractivity contribution < 1.29 is 34.4 Å². The van der Waals surface area contributed by atoms with Crippen molar-refractivity contribution in [3.8, 4) is 17.2 Å². The number of hydrogen-bond acceptors (Lipinski definition) is 4. The van der Waals surface area contributed by atoms with Crippen LogP contribution in [0.4, 0.5) is 0 Å². The van der Waals surface area contributed by atoms with E-state index in [1.807, 2.05) is 0 Å². The minimum atomic E-state index is -3.14. The molecular formula is C22H30O4. The van der Waals surface area contributed by atoms with E-state index in [9.17, 15) is 5.11 Å². The van der Waals surface area contributed by atoms with Gasteiger partial charge in [0.1, 0.15) is 12.3 Å². The molecule has 4 heteroatoms. The Morgan fingerprint density at radius 2 is 1.81 bits per heavy atom. The summed E-state index contributed by atoms with van der Waals surface area (Å²) >= 11 is 0. The molecule has 0 aliphatic carbocycles. The van der Waals surface area contributed by atoms with Crippen molar-refractivity contribution in [2.45, 2.75) is 45.6 Å². The Kier molecular flexibility index (Phi) is 3.74. The molecule has 0 spiro atoms. The number of aliphatic hydroxyl groups is 1. The van der Waals surface area contributed by atoms with E-state index in [0.29, 0.717) is 5.56 Å². The fourth-order valence-corrected chi connectivity index (χ4v) is 1.97. The molecule has 142 valence electrons. The van der Waals surface area contributed by atoms with Crippen LogP contribution in [-0.2, 0) is 6.37 Å². The molecule has 0 fully saturated rings. The van der Waals surface area contributed by atoms with E-state index in [0.717, 1.165) is 0 Å². The molecule has 0 saturated carbocycles. The Morgan fingerprint density at radius 1 is 1.04 bits per heavy atom. The van der Waals surface area contributed by atoms with Gasteiger partial charge in [0.15, 0.2) is 11.5 Å². The first kappa shape index (κ1) is 9.65. The average molecular weight is 370 g/mol. The fourth-order valence-electron chi connectivity index (χ4n) is 1.97. The van der Waals surface area contributed by atoms with Gasteiger partial charge in [0.25, 0.3) is 0 Å². The van der Waals surface area contributed by atoms with Gasteiger partial charge in [0, 0.05) is 2.74 Å². The van der Waals surface area contributed by atoms with Crippen LogP contribution >= 0.6 is 0 Å². The van der Waals surface area contributed by atoms with Crippen molar-refractivity contribution in [1.82, 2.24) is 0 Å². The van der Waals surface area contributed by atoms with Gasteiger partial charge in [-0.15, -0.1) is 0 Å². The Morgan fingerprint density at radius 3 is 2.54 bits per heavy atom. The van der Waals surface area contributed by atoms with Crippen molar-refractivity contribution in [3.05, 3.63) is 52.9 Å². The molecule has 0 heterocycles. The predicted molar refractivity (Wildman–Crippen MR) is 105 cm³/mol. The molecule has 26 heavy (non-hydrogen) atoms. The Bertz CT molecular complexity index is 1150. The predicted octanol–water partition coefficient (Wildman–Crippen LogP) is 4.47. The van der Waals surface area contributed by atoms with Gasteiger partial charge < -0.3 is 19.3 Å². The van der Waals surface area contributed by atoms with Crippen LogP contribution in [0.1, 0.15) is 51.0 Å². The molecule has 2 aromatic rings. The van der Waals surface area contributed by atoms with Crippen molar-refractivity contribution in [2.24, 2.45) is 0 Å². The molecule has 0 radical (unpaired) electrons. The Labute approximate surface area is 172 Å². The Balaban J connectivity index is 2.30. The third-order valence-electron chi connectivity index (χ3n) is 3.54. The first-order chi connectivity index (χ1) is 16.9. The summed E-state index contributed by atoms with van der Waals surface area (Å²) in [7, 11) is 2.44. The van der Waals surface area contributed by atoms with E-state index in [1.165, 1.54) is 28.1 Å². The zero-order valence-corrected chi connectivity index (χ0v) is 15.3. The van der Waals surface area contributed by atoms with Gasteiger partial charge in [-0.05, 0) is 73.9 Å². The summed E-state index contributed by atoms with van der Waals surface area (Å²) in [5.74, 6) is -0.999. The second kappa shape index (κ2) is 10.1. The fraction of sp³-hybridized carbons (Fsp3) is 0.455. The largest absolute Gasteiger partial charge is 0.493 e. The number of ether oxygens (including phenoxy) is 3. The molecule has 2 rings (SSSR count). The second-order valence-electron chi connectivity index (χ2n) is 5.45. The van der Waals surface area contributed by atoms with Crippen molar-refractivity contribution in [1.29, 1.82) is 0 Å². The molecule has 4 nitrogen and oxygen atoms in total. The summed E-state index contributed by atoms with van der Waals surface area (Å²) in [4.78, 5) is 0. The molecule has 0 aliphatic heterocycles. The van der Waals surface area contributed by atoms with Gasteiger partial charge in [0.2, 0.25) is 0 Å². The lowest BCUT2D eigenvalue weighted by molar-refractivity contribution is 0.0976. The number of benzene rings is 2. The molecule has 0 aromatic heterocycles. The molecule has 0 bridgehead atoms. The summed E-state index contributed by atoms with van der Waals surface area (Å²) in [6.07, 6.45) is -6.74. The highest BCUT2D eigenvalue weighted by molar-refractivity contribution is 5.42. The van der Waals surface area contributed by atoms with Crippen LogP contribution in [0.3, 0.4) is 0 Å². The van der Waals surface area contributed by atoms with Crippen LogP contribution in [0, 0.1) is 13.8 Å². The monoisotopic (exact) mass is 369 g/mol. The maximum atomic E-state index is 10.6. The highest BCUT2D eigenvalue weighted by Crippen LogP contribution is 2.28. The van der Waals surface area contributed by atoms with Gasteiger partial charge in [0.05, 0.1) is 32.6 Å². The molecule has 1 atom stereocenters. The van der Waals surface area contributed by atoms with Crippen LogP contribution in [-0.4, -0.2) is 32.0 Å². The van der Waals surface area contributed by atoms with E-state index < -0.39 is 67.3 Å². The second-order valence-corrected chi connectivity index (χ2v) is 5.45. The molecule has 0 amide bonds. The lowest BCUT2D eigenvalue weighted by atomic mass is 10.0. The molecule has 0 aliphatic rings. The van der Waals surface area contributed by atoms with E-state index >= 15 is 0 Å². The maximum Gasteiger partial charge on any atom is 0.160 e. The van der Waals surface area contributed by atoms with E-state index in [2.05, 4.69) is 0 Å². The molecule has 2 aromatic carbocycles. The third kappa shape index (κ3) is 5.95. The van der Waals surface area contributed by atoms with Crippen LogP contribution in [0.5, 0.6) is 17.2 Å². The number of methoxy groups -OCH3 is 2. The zero-order chi connectivity index (χ0) is 28.7. The summed E-state index contributed by atoms with van der Waals surface area (Å²) in [6.45, 7) is -0.101. The van der Waals surface area contributed by atoms with Crippen LogP contribution < -0.4 is 14.2 Å². The quantitative estimate of drug-likeness (QED) is 0.671. The minimum Gasteiger partial charge on any atom is -0.493 e. The smallest absolute Gasteiger partial charge is 0.160 e. The summed E-state index contributed by atoms with van der Waals surface area (Å²) in [5, 5.41) is 10.6. The molecule has 1 unspecified atom stereocenters. The van der Waals surface area contributed by atoms with E-state index in [-0.39, 0.29) is 35.6 Å². The van der Waals surface area contributed by atoms with Gasteiger partial charge >= 0.3 is 0 Å². The third-order valence-corrected chi connectivity index (χ3v) is 3.54. The first-order valence-corrected chi connectivity index (χ1v) is 8.06. The summed E-state index contributed by atoms with van der Waals surface area (Å²) < 4.78 is 105. The lowest BCUT2D eigenvalue weighted by Gasteiger charge is -2.13. The topological polar surface area (TPSA) is 47.9 Å². The highest BCUT2D eigenvalue weighted by atomic mass is 16.5. The Hall–Kier alpha value is -2.20. The first-order valence-electron chi connectivity index (χ1n) is 13.6. The normalized spacial score (nSPS) is 20.3. The number of hydrogen-bond donors (Lipinski definition) is 1. The van der Waals surface area contributed by atoms with Crippen LogP contribution in [0.2, 0.25) is 0 Å². The van der Waals surface area contributed by atoms with Crippen molar-refractivity contribution in [3.63, 3.8) is 0 Å². The molecule has 1 N–H and O–H groups in total. The standard InChI is InChI=1S/C22H30O4/c1-16-9-11-20(13-17(16)2)26-15-19(23)8-6-5-7-18-10-12-21(24-3)22(14-18)25-4/h9-14,19,23H,5-8,15H2,1-4H3/i7D2,9D,10D,11D,12D,13D,14D,15D2,19D. The van der Waals surface area contributed by atoms with Crippen molar-refractivity contribution in [2.75, 3.05) is 20.8 Å². The number of rotatable bonds is 10. The lowest BCUT2D eigenvalue weighted by Crippen LogP contribution is -2.17. The SMILES string of the molecule is [2H]c1c([2H])c(OC([2H])([2H])C([2H])(O)CCCC([2H])([2H])c2c([2H])c([2H])c(OC)c(OC)c2[2H])c([2H])c(C)c1C. The zero-order valence-electron chi connectivity index (χ0n) is 26.3. The van der Waals surface area contributed by atoms with E-state index in [1.54, 1.807) is 0 Å². The van der Waals surface area contributed by atoms with Crippen LogP contribution in [0.15, 0.2) is 36.3 Å². The highest BCUT2D eigenvalue weighted by Gasteiger charge is 2.07. The average Bonchev–Trinajstić information content (AvgIpc) is 2.80. The summed E-state index contributed by atoms with van der Waals surface area (Å²) in [5.41, 5.74) is 0.188. The van der Waals surface area contributed by atoms with Gasteiger partial charge in [-0.2, -0.15) is 0 Å². The van der Waals surface area contributed by atoms with E-state index in [4.69, 9.17) is 29.3 Å². The summed E-state index contributed by atoms with van der Waals surface area (Å²) in [6, 6.07) is -2.73. The van der Waals surface area contributed by atoms with Crippen LogP contribution in [0.25, 0.3) is 0 Å².